The zero-order valence-electron chi connectivity index (χ0n) is 31.4. The zero-order chi connectivity index (χ0) is 37.6. The molecule has 1 aromatic heterocycles. The van der Waals surface area contributed by atoms with Gasteiger partial charge in [-0.3, -0.25) is 0 Å². The Hall–Kier alpha value is -6.88. The lowest BCUT2D eigenvalue weighted by Crippen LogP contribution is -2.49. The molecule has 0 atom stereocenters. The largest absolute Gasteiger partial charge is 0.456 e. The van der Waals surface area contributed by atoms with Crippen LogP contribution >= 0.6 is 0 Å². The molecule has 3 nitrogen and oxygen atoms in total. The summed E-state index contributed by atoms with van der Waals surface area (Å²) in [5.74, 6) is 1.01. The molecule has 0 fully saturated rings. The monoisotopic (exact) mass is 736 g/mol. The number of para-hydroxylation sites is 2. The lowest BCUT2D eigenvalue weighted by atomic mass is 10.0. The first kappa shape index (κ1) is 33.7. The van der Waals surface area contributed by atoms with Gasteiger partial charge in [-0.25, -0.2) is 0 Å². The Labute approximate surface area is 329 Å². The molecule has 0 saturated heterocycles. The van der Waals surface area contributed by atoms with E-state index in [4.69, 9.17) is 4.42 Å². The third-order valence-electron chi connectivity index (χ3n) is 11.2. The van der Waals surface area contributed by atoms with Gasteiger partial charge in [0.25, 0.3) is 0 Å². The topological polar surface area (TPSA) is 19.6 Å². The van der Waals surface area contributed by atoms with E-state index in [1.807, 2.05) is 0 Å². The van der Waals surface area contributed by atoms with E-state index in [0.29, 0.717) is 0 Å². The van der Waals surface area contributed by atoms with E-state index in [-0.39, 0.29) is 0 Å². The second-order valence-corrected chi connectivity index (χ2v) is 19.3. The fraction of sp³-hybridized carbons (Fsp3) is 0.0385. The van der Waals surface area contributed by atoms with Gasteiger partial charge < -0.3 is 14.2 Å². The number of nitrogens with zero attached hydrogens (tertiary/aromatic N) is 2. The van der Waals surface area contributed by atoms with Crippen LogP contribution in [0.15, 0.2) is 211 Å². The van der Waals surface area contributed by atoms with Crippen LogP contribution in [0.2, 0.25) is 13.1 Å². The Bertz CT molecular complexity index is 2800. The molecule has 10 rings (SSSR count). The molecule has 0 amide bonds. The molecule has 0 N–H and O–H groups in total. The minimum atomic E-state index is -2.09. The first-order valence-electron chi connectivity index (χ1n) is 19.3. The second kappa shape index (κ2) is 13.8. The molecule has 0 bridgehead atoms. The molecule has 0 aliphatic carbocycles. The lowest BCUT2D eigenvalue weighted by molar-refractivity contribution is 0.635. The molecule has 56 heavy (non-hydrogen) atoms. The van der Waals surface area contributed by atoms with Crippen LogP contribution < -0.4 is 20.2 Å². The van der Waals surface area contributed by atoms with Crippen LogP contribution in [0.5, 0.6) is 0 Å². The van der Waals surface area contributed by atoms with Crippen LogP contribution in [-0.4, -0.2) is 8.07 Å². The highest BCUT2D eigenvalue weighted by Gasteiger charge is 2.42. The van der Waals surface area contributed by atoms with Gasteiger partial charge in [0, 0.05) is 51.1 Å². The molecular weight excluding hydrogens is 697 g/mol. The average Bonchev–Trinajstić information content (AvgIpc) is 3.75. The number of anilines is 6. The van der Waals surface area contributed by atoms with E-state index >= 15 is 0 Å². The van der Waals surface area contributed by atoms with Crippen molar-refractivity contribution in [3.05, 3.63) is 206 Å². The Morgan fingerprint density at radius 3 is 1.27 bits per heavy atom. The fourth-order valence-electron chi connectivity index (χ4n) is 8.49. The number of benzene rings is 8. The van der Waals surface area contributed by atoms with Gasteiger partial charge in [-0.2, -0.15) is 0 Å². The highest BCUT2D eigenvalue weighted by atomic mass is 28.3. The van der Waals surface area contributed by atoms with Crippen LogP contribution in [-0.2, 0) is 0 Å². The van der Waals surface area contributed by atoms with Crippen LogP contribution in [0.25, 0.3) is 44.5 Å². The third kappa shape index (κ3) is 5.83. The van der Waals surface area contributed by atoms with Gasteiger partial charge >= 0.3 is 0 Å². The molecule has 2 heterocycles. The summed E-state index contributed by atoms with van der Waals surface area (Å²) < 4.78 is 7.01. The molecule has 1 aliphatic heterocycles. The molecule has 0 unspecified atom stereocenters. The molecule has 4 heteroatoms. The van der Waals surface area contributed by atoms with Crippen molar-refractivity contribution in [3.8, 4) is 33.6 Å². The second-order valence-electron chi connectivity index (χ2n) is 15.0. The quantitative estimate of drug-likeness (QED) is 0.145. The van der Waals surface area contributed by atoms with Crippen molar-refractivity contribution in [2.45, 2.75) is 13.1 Å². The van der Waals surface area contributed by atoms with Crippen molar-refractivity contribution in [1.82, 2.24) is 0 Å². The summed E-state index contributed by atoms with van der Waals surface area (Å²) in [6.07, 6.45) is 0. The molecular formula is C52H40N2OSi. The summed E-state index contributed by atoms with van der Waals surface area (Å²) in [4.78, 5) is 4.67. The van der Waals surface area contributed by atoms with Gasteiger partial charge in [-0.1, -0.05) is 140 Å². The molecule has 268 valence electrons. The molecule has 8 aromatic carbocycles. The predicted octanol–water partition coefficient (Wildman–Crippen LogP) is 13.5. The van der Waals surface area contributed by atoms with Crippen molar-refractivity contribution in [3.63, 3.8) is 0 Å². The predicted molar refractivity (Wildman–Crippen MR) is 239 cm³/mol. The summed E-state index contributed by atoms with van der Waals surface area (Å²) in [7, 11) is -2.09. The minimum Gasteiger partial charge on any atom is -0.456 e. The van der Waals surface area contributed by atoms with E-state index in [1.54, 1.807) is 0 Å². The summed E-state index contributed by atoms with van der Waals surface area (Å²) in [6, 6.07) is 73.8. The number of furan rings is 1. The zero-order valence-corrected chi connectivity index (χ0v) is 32.4. The summed E-state index contributed by atoms with van der Waals surface area (Å²) in [5.41, 5.74) is 13.5. The smallest absolute Gasteiger partial charge is 0.136 e. The first-order valence-corrected chi connectivity index (χ1v) is 22.3. The van der Waals surface area contributed by atoms with Crippen LogP contribution in [0.3, 0.4) is 0 Å². The Balaban J connectivity index is 1.06. The maximum atomic E-state index is 7.01. The molecule has 0 spiro atoms. The van der Waals surface area contributed by atoms with Gasteiger partial charge in [-0.05, 0) is 105 Å². The normalized spacial score (nSPS) is 12.6. The van der Waals surface area contributed by atoms with Gasteiger partial charge in [0.2, 0.25) is 0 Å². The molecule has 1 aliphatic rings. The number of hydrogen-bond donors (Lipinski definition) is 0. The Kier molecular flexibility index (Phi) is 8.27. The first-order chi connectivity index (χ1) is 27.5. The maximum absolute atomic E-state index is 7.01. The van der Waals surface area contributed by atoms with Crippen LogP contribution in [0.1, 0.15) is 0 Å². The van der Waals surface area contributed by atoms with Crippen molar-refractivity contribution >= 4 is 63.5 Å². The Morgan fingerprint density at radius 1 is 0.375 bits per heavy atom. The highest BCUT2D eigenvalue weighted by molar-refractivity contribution is 7.05. The standard InChI is InChI=1S/C52H40N2OSi/c1-56(2)50-34-32-45(53(41-19-11-5-12-20-41)43-27-23-39(24-28-43)37-15-7-3-8-16-37)35-48(50)51-52(56)47-33-31-46(36-49(47)55-51)54(42-21-13-6-14-22-42)44-29-25-40(26-30-44)38-17-9-4-10-18-38/h3-36H,1-2H3. The number of rotatable bonds is 8. The van der Waals surface area contributed by atoms with E-state index in [1.165, 1.54) is 43.6 Å². The van der Waals surface area contributed by atoms with E-state index in [2.05, 4.69) is 229 Å². The summed E-state index contributed by atoms with van der Waals surface area (Å²) >= 11 is 0. The Morgan fingerprint density at radius 2 is 0.768 bits per heavy atom. The molecule has 0 radical (unpaired) electrons. The van der Waals surface area contributed by atoms with Crippen molar-refractivity contribution in [1.29, 1.82) is 0 Å². The third-order valence-corrected chi connectivity index (χ3v) is 14.8. The molecule has 0 saturated carbocycles. The van der Waals surface area contributed by atoms with Gasteiger partial charge in [0.1, 0.15) is 19.4 Å². The number of fused-ring (bicyclic) bond motifs is 5. The van der Waals surface area contributed by atoms with Crippen molar-refractivity contribution in [2.24, 2.45) is 0 Å². The van der Waals surface area contributed by atoms with E-state index in [0.717, 1.165) is 45.5 Å². The summed E-state index contributed by atoms with van der Waals surface area (Å²) in [5, 5.41) is 4.00. The lowest BCUT2D eigenvalue weighted by Gasteiger charge is -2.27. The van der Waals surface area contributed by atoms with Crippen molar-refractivity contribution in [2.75, 3.05) is 9.80 Å². The van der Waals surface area contributed by atoms with E-state index in [9.17, 15) is 0 Å². The maximum Gasteiger partial charge on any atom is 0.136 e. The van der Waals surface area contributed by atoms with Gasteiger partial charge in [0.05, 0.1) is 0 Å². The minimum absolute atomic E-state index is 0.919. The molecule has 9 aromatic rings. The highest BCUT2D eigenvalue weighted by Crippen LogP contribution is 2.43. The fourth-order valence-corrected chi connectivity index (χ4v) is 11.8. The van der Waals surface area contributed by atoms with Crippen LogP contribution in [0, 0.1) is 0 Å². The van der Waals surface area contributed by atoms with Crippen molar-refractivity contribution < 1.29 is 4.42 Å². The summed E-state index contributed by atoms with van der Waals surface area (Å²) in [6.45, 7) is 4.92. The van der Waals surface area contributed by atoms with Gasteiger partial charge in [0.15, 0.2) is 0 Å². The van der Waals surface area contributed by atoms with E-state index < -0.39 is 8.07 Å². The van der Waals surface area contributed by atoms with Gasteiger partial charge in [-0.15, -0.1) is 0 Å². The average molecular weight is 737 g/mol. The van der Waals surface area contributed by atoms with Crippen LogP contribution in [0.4, 0.5) is 34.1 Å². The SMILES string of the molecule is C[Si]1(C)c2ccc(N(c3ccccc3)c3ccc(-c4ccccc4)cc3)cc2-c2oc3cc(N(c4ccccc4)c4ccc(-c5ccccc5)cc4)ccc3c21. The number of hydrogen-bond acceptors (Lipinski definition) is 3.